The van der Waals surface area contributed by atoms with Gasteiger partial charge in [-0.1, -0.05) is 41.9 Å². The zero-order chi connectivity index (χ0) is 18.2. The van der Waals surface area contributed by atoms with Gasteiger partial charge in [-0.05, 0) is 30.7 Å². The van der Waals surface area contributed by atoms with Crippen LogP contribution in [0.5, 0.6) is 5.75 Å². The average molecular weight is 362 g/mol. The van der Waals surface area contributed by atoms with Gasteiger partial charge in [0.25, 0.3) is 5.91 Å². The number of para-hydroxylation sites is 1. The Morgan fingerprint density at radius 2 is 1.80 bits per heavy atom. The minimum atomic E-state index is -0.470. The Bertz CT molecular complexity index is 730. The molecule has 0 radical (unpaired) electrons. The van der Waals surface area contributed by atoms with E-state index >= 15 is 0 Å². The van der Waals surface area contributed by atoms with E-state index in [1.807, 2.05) is 31.2 Å². The molecule has 25 heavy (non-hydrogen) atoms. The molecule has 2 aromatic rings. The van der Waals surface area contributed by atoms with Gasteiger partial charge in [-0.25, -0.2) is 0 Å². The number of benzene rings is 2. The fourth-order valence-electron chi connectivity index (χ4n) is 2.35. The zero-order valence-electron chi connectivity index (χ0n) is 14.1. The third-order valence-corrected chi connectivity index (χ3v) is 3.86. The molecule has 0 aliphatic rings. The van der Waals surface area contributed by atoms with Crippen molar-refractivity contribution in [2.24, 2.45) is 0 Å². The maximum atomic E-state index is 12.0. The lowest BCUT2D eigenvalue weighted by Gasteiger charge is -2.17. The topological polar surface area (TPSA) is 64.6 Å². The van der Waals surface area contributed by atoms with Gasteiger partial charge in [0.15, 0.2) is 6.61 Å². The van der Waals surface area contributed by atoms with E-state index in [1.54, 1.807) is 31.4 Å². The second-order valence-electron chi connectivity index (χ2n) is 5.50. The molecule has 2 aromatic carbocycles. The normalized spacial score (nSPS) is 11.5. The fraction of sp³-hybridized carbons (Fsp3) is 0.263. The molecule has 132 valence electrons. The van der Waals surface area contributed by atoms with Crippen molar-refractivity contribution in [1.29, 1.82) is 0 Å². The predicted molar refractivity (Wildman–Crippen MR) is 95.7 cm³/mol. The van der Waals surface area contributed by atoms with Gasteiger partial charge >= 0.3 is 5.97 Å². The summed E-state index contributed by atoms with van der Waals surface area (Å²) in [6, 6.07) is 14.0. The lowest BCUT2D eigenvalue weighted by atomic mass is 10.1. The van der Waals surface area contributed by atoms with E-state index in [0.29, 0.717) is 10.8 Å². The molecular weight excluding hydrogens is 342 g/mol. The first-order chi connectivity index (χ1) is 12.0. The summed E-state index contributed by atoms with van der Waals surface area (Å²) in [7, 11) is 1.58. The first-order valence-electron chi connectivity index (χ1n) is 7.82. The Morgan fingerprint density at radius 3 is 2.48 bits per heavy atom. The van der Waals surface area contributed by atoms with E-state index in [0.717, 1.165) is 11.1 Å². The highest BCUT2D eigenvalue weighted by Gasteiger charge is 2.15. The number of rotatable bonds is 7. The molecule has 2 rings (SSSR count). The average Bonchev–Trinajstić information content (AvgIpc) is 2.62. The number of amides is 1. The van der Waals surface area contributed by atoms with Crippen LogP contribution in [0.25, 0.3) is 0 Å². The quantitative estimate of drug-likeness (QED) is 0.768. The van der Waals surface area contributed by atoms with Crippen LogP contribution in [0.3, 0.4) is 0 Å². The summed E-state index contributed by atoms with van der Waals surface area (Å²) >= 11 is 5.79. The fourth-order valence-corrected chi connectivity index (χ4v) is 2.48. The van der Waals surface area contributed by atoms with E-state index in [4.69, 9.17) is 21.1 Å². The Balaban J connectivity index is 1.81. The third kappa shape index (κ3) is 5.80. The van der Waals surface area contributed by atoms with E-state index in [1.165, 1.54) is 0 Å². The molecule has 1 atom stereocenters. The van der Waals surface area contributed by atoms with Gasteiger partial charge in [0.2, 0.25) is 0 Å². The first-order valence-corrected chi connectivity index (χ1v) is 8.19. The van der Waals surface area contributed by atoms with Gasteiger partial charge in [-0.3, -0.25) is 9.59 Å². The third-order valence-electron chi connectivity index (χ3n) is 3.61. The van der Waals surface area contributed by atoms with Crippen LogP contribution in [0.15, 0.2) is 48.5 Å². The van der Waals surface area contributed by atoms with E-state index < -0.39 is 5.97 Å². The van der Waals surface area contributed by atoms with Gasteiger partial charge < -0.3 is 14.8 Å². The van der Waals surface area contributed by atoms with Crippen molar-refractivity contribution in [3.8, 4) is 5.75 Å². The monoisotopic (exact) mass is 361 g/mol. The van der Waals surface area contributed by atoms with Crippen LogP contribution >= 0.6 is 11.6 Å². The van der Waals surface area contributed by atoms with E-state index in [2.05, 4.69) is 5.32 Å². The number of carbonyl (C=O) groups excluding carboxylic acids is 2. The Labute approximate surface area is 151 Å². The van der Waals surface area contributed by atoms with Crippen molar-refractivity contribution in [2.75, 3.05) is 13.7 Å². The Kier molecular flexibility index (Phi) is 6.83. The van der Waals surface area contributed by atoms with Crippen molar-refractivity contribution in [1.82, 2.24) is 5.32 Å². The Morgan fingerprint density at radius 1 is 1.12 bits per heavy atom. The second-order valence-corrected chi connectivity index (χ2v) is 5.93. The number of ether oxygens (including phenoxy) is 2. The number of hydrogen-bond donors (Lipinski definition) is 1. The van der Waals surface area contributed by atoms with Gasteiger partial charge in [-0.15, -0.1) is 0 Å². The lowest BCUT2D eigenvalue weighted by Crippen LogP contribution is -2.31. The molecule has 1 unspecified atom stereocenters. The summed E-state index contributed by atoms with van der Waals surface area (Å²) in [5.74, 6) is -0.152. The summed E-state index contributed by atoms with van der Waals surface area (Å²) < 4.78 is 10.3. The van der Waals surface area contributed by atoms with E-state index in [-0.39, 0.29) is 25.0 Å². The van der Waals surface area contributed by atoms with Crippen molar-refractivity contribution in [2.45, 2.75) is 19.4 Å². The summed E-state index contributed by atoms with van der Waals surface area (Å²) in [6.45, 7) is 1.51. The van der Waals surface area contributed by atoms with Gasteiger partial charge in [0, 0.05) is 10.6 Å². The maximum Gasteiger partial charge on any atom is 0.310 e. The lowest BCUT2D eigenvalue weighted by molar-refractivity contribution is -0.148. The molecule has 0 heterocycles. The van der Waals surface area contributed by atoms with Crippen molar-refractivity contribution in [3.63, 3.8) is 0 Å². The number of methoxy groups -OCH3 is 1. The van der Waals surface area contributed by atoms with Crippen molar-refractivity contribution >= 4 is 23.5 Å². The zero-order valence-corrected chi connectivity index (χ0v) is 14.9. The molecule has 5 nitrogen and oxygen atoms in total. The van der Waals surface area contributed by atoms with Crippen LogP contribution in [-0.4, -0.2) is 25.6 Å². The summed E-state index contributed by atoms with van der Waals surface area (Å²) in [5, 5.41) is 3.38. The molecule has 0 aromatic heterocycles. The molecule has 0 bridgehead atoms. The number of hydrogen-bond acceptors (Lipinski definition) is 4. The van der Waals surface area contributed by atoms with Gasteiger partial charge in [0.1, 0.15) is 5.75 Å². The smallest absolute Gasteiger partial charge is 0.310 e. The highest BCUT2D eigenvalue weighted by molar-refractivity contribution is 6.30. The summed E-state index contributed by atoms with van der Waals surface area (Å²) in [5.41, 5.74) is 1.63. The summed E-state index contributed by atoms with van der Waals surface area (Å²) in [4.78, 5) is 23.8. The van der Waals surface area contributed by atoms with Gasteiger partial charge in [0.05, 0.1) is 19.6 Å². The molecule has 0 aliphatic heterocycles. The molecule has 0 saturated heterocycles. The van der Waals surface area contributed by atoms with Crippen molar-refractivity contribution < 1.29 is 19.1 Å². The molecular formula is C19H20ClNO4. The molecule has 1 N–H and O–H groups in total. The van der Waals surface area contributed by atoms with E-state index in [9.17, 15) is 9.59 Å². The van der Waals surface area contributed by atoms with Crippen LogP contribution < -0.4 is 10.1 Å². The minimum absolute atomic E-state index is 0.0898. The van der Waals surface area contributed by atoms with Crippen LogP contribution in [0, 0.1) is 0 Å². The molecule has 0 saturated carbocycles. The van der Waals surface area contributed by atoms with Crippen LogP contribution in [0.1, 0.15) is 24.1 Å². The SMILES string of the molecule is COc1ccccc1C(C)NC(=O)COC(=O)Cc1ccc(Cl)cc1. The molecule has 0 spiro atoms. The molecule has 1 amide bonds. The molecule has 0 aliphatic carbocycles. The summed E-state index contributed by atoms with van der Waals surface area (Å²) in [6.07, 6.45) is 0.0898. The van der Waals surface area contributed by atoms with Crippen LogP contribution in [-0.2, 0) is 20.7 Å². The van der Waals surface area contributed by atoms with Crippen molar-refractivity contribution in [3.05, 3.63) is 64.7 Å². The number of carbonyl (C=O) groups is 2. The Hall–Kier alpha value is -2.53. The predicted octanol–water partition coefficient (Wildman–Crippen LogP) is 3.31. The maximum absolute atomic E-state index is 12.0. The highest BCUT2D eigenvalue weighted by Crippen LogP contribution is 2.24. The van der Waals surface area contributed by atoms with Crippen LogP contribution in [0.4, 0.5) is 0 Å². The largest absolute Gasteiger partial charge is 0.496 e. The first kappa shape index (κ1) is 18.8. The molecule has 0 fully saturated rings. The molecule has 6 heteroatoms. The standard InChI is InChI=1S/C19H20ClNO4/c1-13(16-5-3-4-6-17(16)24-2)21-18(22)12-25-19(23)11-14-7-9-15(20)10-8-14/h3-10,13H,11-12H2,1-2H3,(H,21,22). The van der Waals surface area contributed by atoms with Crippen LogP contribution in [0.2, 0.25) is 5.02 Å². The minimum Gasteiger partial charge on any atom is -0.496 e. The second kappa shape index (κ2) is 9.08. The van der Waals surface area contributed by atoms with Gasteiger partial charge in [-0.2, -0.15) is 0 Å². The number of nitrogens with one attached hydrogen (secondary N) is 1. The number of halogens is 1. The number of esters is 1. The highest BCUT2D eigenvalue weighted by atomic mass is 35.5.